The number of rotatable bonds is 49. The van der Waals surface area contributed by atoms with Crippen LogP contribution >= 0.6 is 0 Å². The Morgan fingerprint density at radius 2 is 0.552 bits per heavy atom. The van der Waals surface area contributed by atoms with Gasteiger partial charge < -0.3 is 14.2 Å². The van der Waals surface area contributed by atoms with Gasteiger partial charge in [0.15, 0.2) is 0 Å². The summed E-state index contributed by atoms with van der Waals surface area (Å²) in [4.78, 5) is 40.8. The van der Waals surface area contributed by atoms with Gasteiger partial charge in [-0.25, -0.2) is 0 Å². The van der Waals surface area contributed by atoms with Crippen LogP contribution in [0.1, 0.15) is 252 Å². The molecule has 0 aromatic heterocycles. The topological polar surface area (TPSA) is 82.1 Å². The first-order chi connectivity index (χ1) is 32.8. The molecule has 0 aromatic carbocycles. The summed E-state index contributed by atoms with van der Waals surface area (Å²) >= 11 is 0. The van der Waals surface area contributed by atoms with E-state index in [0.29, 0.717) is 19.3 Å². The number of nitrogens with zero attached hydrogens (tertiary/aromatic N) is 1. The van der Waals surface area contributed by atoms with Gasteiger partial charge in [0, 0.05) is 19.3 Å². The second kappa shape index (κ2) is 50.7. The summed E-state index contributed by atoms with van der Waals surface area (Å²) in [6.07, 6.45) is 65.4. The van der Waals surface area contributed by atoms with E-state index in [2.05, 4.69) is 93.7 Å². The first kappa shape index (κ1) is 63.8. The van der Waals surface area contributed by atoms with Gasteiger partial charge in [-0.1, -0.05) is 190 Å². The Balaban J connectivity index is 4.81. The number of allylic oxidation sites excluding steroid dienone is 12. The van der Waals surface area contributed by atoms with Crippen LogP contribution in [0.25, 0.3) is 0 Å². The molecule has 0 spiro atoms. The summed E-state index contributed by atoms with van der Waals surface area (Å²) in [5.74, 6) is -0.820. The van der Waals surface area contributed by atoms with Gasteiger partial charge in [-0.2, -0.15) is 0 Å². The minimum Gasteiger partial charge on any atom is -0.463 e. The summed E-state index contributed by atoms with van der Waals surface area (Å²) < 4.78 is 17.5. The molecule has 0 bridgehead atoms. The van der Waals surface area contributed by atoms with Crippen LogP contribution in [-0.2, 0) is 28.6 Å². The molecular formula is C60H105NO6. The standard InChI is InChI=1S/C60H105NO6/c1-6-9-12-15-18-21-24-27-30-33-36-39-42-45-48-51-57(62)65-54-60(61(4)5,55-66-58(63)52-49-46-43-40-37-34-31-28-25-22-19-16-13-10-7-2)56-67-59(64)53-50-47-44-41-38-35-32-29-26-23-20-17-14-11-8-3/h18-23,27-32H,6-17,24-26,33-56H2,1-5H3/b21-18-,22-19?,23-20?,30-27-,31-28?,32-29?. The molecule has 67 heavy (non-hydrogen) atoms. The lowest BCUT2D eigenvalue weighted by atomic mass is 10.0. The second-order valence-corrected chi connectivity index (χ2v) is 19.0. The number of carbonyl (C=O) groups excluding carboxylic acids is 3. The van der Waals surface area contributed by atoms with Crippen molar-refractivity contribution in [2.75, 3.05) is 33.9 Å². The predicted octanol–water partition coefficient (Wildman–Crippen LogP) is 17.4. The molecule has 386 valence electrons. The monoisotopic (exact) mass is 936 g/mol. The Morgan fingerprint density at radius 3 is 0.791 bits per heavy atom. The van der Waals surface area contributed by atoms with E-state index >= 15 is 0 Å². The number of hydrogen-bond acceptors (Lipinski definition) is 7. The van der Waals surface area contributed by atoms with Crippen LogP contribution in [0, 0.1) is 0 Å². The fourth-order valence-electron chi connectivity index (χ4n) is 7.62. The van der Waals surface area contributed by atoms with Crippen LogP contribution in [0.4, 0.5) is 0 Å². The number of carbonyl (C=O) groups is 3. The number of hydrogen-bond donors (Lipinski definition) is 0. The summed E-state index contributed by atoms with van der Waals surface area (Å²) in [6.45, 7) is 6.65. The second-order valence-electron chi connectivity index (χ2n) is 19.0. The highest BCUT2D eigenvalue weighted by Crippen LogP contribution is 2.19. The fraction of sp³-hybridized carbons (Fsp3) is 0.750. The van der Waals surface area contributed by atoms with Crippen LogP contribution in [0.15, 0.2) is 72.9 Å². The molecule has 0 radical (unpaired) electrons. The Kier molecular flexibility index (Phi) is 48.3. The zero-order chi connectivity index (χ0) is 49.0. The van der Waals surface area contributed by atoms with E-state index in [1.54, 1.807) is 0 Å². The maximum atomic E-state index is 13.0. The third kappa shape index (κ3) is 45.0. The van der Waals surface area contributed by atoms with E-state index in [9.17, 15) is 14.4 Å². The van der Waals surface area contributed by atoms with Crippen LogP contribution in [0.2, 0.25) is 0 Å². The van der Waals surface area contributed by atoms with Crippen LogP contribution in [0.5, 0.6) is 0 Å². The smallest absolute Gasteiger partial charge is 0.305 e. The lowest BCUT2D eigenvalue weighted by Gasteiger charge is -2.38. The first-order valence-corrected chi connectivity index (χ1v) is 27.9. The minimum absolute atomic E-state index is 0.0208. The zero-order valence-electron chi connectivity index (χ0n) is 44.4. The maximum Gasteiger partial charge on any atom is 0.305 e. The summed E-state index contributed by atoms with van der Waals surface area (Å²) in [5.41, 5.74) is -0.976. The maximum absolute atomic E-state index is 13.0. The first-order valence-electron chi connectivity index (χ1n) is 27.9. The molecule has 0 fully saturated rings. The van der Waals surface area contributed by atoms with Gasteiger partial charge >= 0.3 is 17.9 Å². The molecule has 0 unspecified atom stereocenters. The average molecular weight is 937 g/mol. The molecule has 7 nitrogen and oxygen atoms in total. The molecular weight excluding hydrogens is 831 g/mol. The van der Waals surface area contributed by atoms with Crippen molar-refractivity contribution in [2.45, 2.75) is 257 Å². The molecule has 0 amide bonds. The highest BCUT2D eigenvalue weighted by Gasteiger charge is 2.38. The Labute approximate surface area is 414 Å². The fourth-order valence-corrected chi connectivity index (χ4v) is 7.62. The van der Waals surface area contributed by atoms with E-state index in [4.69, 9.17) is 14.2 Å². The lowest BCUT2D eigenvalue weighted by molar-refractivity contribution is -0.163. The van der Waals surface area contributed by atoms with Gasteiger partial charge in [-0.05, 0) is 130 Å². The van der Waals surface area contributed by atoms with Gasteiger partial charge in [0.05, 0.1) is 0 Å². The number of esters is 3. The van der Waals surface area contributed by atoms with Crippen molar-refractivity contribution in [3.8, 4) is 0 Å². The van der Waals surface area contributed by atoms with Crippen molar-refractivity contribution in [1.29, 1.82) is 0 Å². The summed E-state index contributed by atoms with van der Waals surface area (Å²) in [6, 6.07) is 0. The van der Waals surface area contributed by atoms with E-state index in [0.717, 1.165) is 135 Å². The molecule has 0 saturated heterocycles. The van der Waals surface area contributed by atoms with Gasteiger partial charge in [0.2, 0.25) is 0 Å². The van der Waals surface area contributed by atoms with Gasteiger partial charge in [-0.3, -0.25) is 19.3 Å². The van der Waals surface area contributed by atoms with Crippen LogP contribution < -0.4 is 0 Å². The van der Waals surface area contributed by atoms with Crippen molar-refractivity contribution in [1.82, 2.24) is 4.90 Å². The van der Waals surface area contributed by atoms with Crippen molar-refractivity contribution in [3.63, 3.8) is 0 Å². The molecule has 0 N–H and O–H groups in total. The highest BCUT2D eigenvalue weighted by molar-refractivity contribution is 5.70. The largest absolute Gasteiger partial charge is 0.463 e. The van der Waals surface area contributed by atoms with Crippen LogP contribution in [0.3, 0.4) is 0 Å². The molecule has 0 aromatic rings. The number of ether oxygens (including phenoxy) is 3. The molecule has 0 rings (SSSR count). The van der Waals surface area contributed by atoms with E-state index in [-0.39, 0.29) is 37.7 Å². The van der Waals surface area contributed by atoms with E-state index in [1.807, 2.05) is 19.0 Å². The molecule has 0 heterocycles. The minimum atomic E-state index is -0.976. The molecule has 0 atom stereocenters. The summed E-state index contributed by atoms with van der Waals surface area (Å²) in [5, 5.41) is 0. The van der Waals surface area contributed by atoms with Crippen molar-refractivity contribution in [3.05, 3.63) is 72.9 Å². The van der Waals surface area contributed by atoms with Crippen molar-refractivity contribution >= 4 is 17.9 Å². The normalized spacial score (nSPS) is 13.2. The number of unbranched alkanes of at least 4 members (excludes halogenated alkanes) is 24. The lowest BCUT2D eigenvalue weighted by Crippen LogP contribution is -2.56. The third-order valence-electron chi connectivity index (χ3n) is 12.4. The Hall–Kier alpha value is -3.19. The molecule has 0 aliphatic carbocycles. The van der Waals surface area contributed by atoms with E-state index in [1.165, 1.54) is 77.0 Å². The SMILES string of the molecule is CCCCCC=CCC=CCCCCCCCC(=O)OCC(COC(=O)CCCCCCCC=CCC=CCCCCC)(COC(=O)CCCCCCC/C=C\C/C=C\CCCCC)N(C)C. The third-order valence-corrected chi connectivity index (χ3v) is 12.4. The molecule has 0 aliphatic heterocycles. The van der Waals surface area contributed by atoms with Gasteiger partial charge in [-0.15, -0.1) is 0 Å². The van der Waals surface area contributed by atoms with E-state index < -0.39 is 5.54 Å². The molecule has 0 saturated carbocycles. The van der Waals surface area contributed by atoms with Gasteiger partial charge in [0.25, 0.3) is 0 Å². The average Bonchev–Trinajstić information content (AvgIpc) is 3.32. The quantitative estimate of drug-likeness (QED) is 0.0260. The van der Waals surface area contributed by atoms with Crippen molar-refractivity contribution in [2.24, 2.45) is 0 Å². The summed E-state index contributed by atoms with van der Waals surface area (Å²) in [7, 11) is 3.72. The van der Waals surface area contributed by atoms with Gasteiger partial charge in [0.1, 0.15) is 25.4 Å². The molecule has 7 heteroatoms. The van der Waals surface area contributed by atoms with Crippen molar-refractivity contribution < 1.29 is 28.6 Å². The number of likely N-dealkylation sites (N-methyl/N-ethyl adjacent to an activating group) is 1. The Morgan fingerprint density at radius 1 is 0.328 bits per heavy atom. The zero-order valence-corrected chi connectivity index (χ0v) is 44.4. The Bertz CT molecular complexity index is 1160. The van der Waals surface area contributed by atoms with Crippen LogP contribution in [-0.4, -0.2) is 62.3 Å². The molecule has 0 aliphatic rings. The predicted molar refractivity (Wildman–Crippen MR) is 287 cm³/mol. The highest BCUT2D eigenvalue weighted by atomic mass is 16.6.